The maximum Gasteiger partial charge on any atom is 0.491 e. The van der Waals surface area contributed by atoms with Gasteiger partial charge in [0.2, 0.25) is 0 Å². The Kier molecular flexibility index (Phi) is 7.51. The van der Waals surface area contributed by atoms with Gasteiger partial charge in [-0.15, -0.1) is 0 Å². The lowest BCUT2D eigenvalue weighted by molar-refractivity contribution is -0.201. The number of hydrogen-bond acceptors (Lipinski definition) is 8. The molecular weight excluding hydrogens is 498 g/mol. The van der Waals surface area contributed by atoms with Gasteiger partial charge < -0.3 is 9.47 Å². The summed E-state index contributed by atoms with van der Waals surface area (Å²) in [6, 6.07) is 13.2. The number of ether oxygens (including phenoxy) is 2. The molecular formula is C24H17F4N5O4. The minimum Gasteiger partial charge on any atom is -0.424 e. The molecule has 0 saturated carbocycles. The second-order valence-corrected chi connectivity index (χ2v) is 7.67. The number of halogens is 4. The third-order valence-electron chi connectivity index (χ3n) is 5.04. The molecule has 0 bridgehead atoms. The van der Waals surface area contributed by atoms with Crippen LogP contribution in [-0.4, -0.2) is 42.8 Å². The fourth-order valence-corrected chi connectivity index (χ4v) is 3.32. The number of alkyl halides is 3. The smallest absolute Gasteiger partial charge is 0.424 e. The quantitative estimate of drug-likeness (QED) is 0.195. The molecule has 0 aliphatic carbocycles. The molecule has 1 unspecified atom stereocenters. The van der Waals surface area contributed by atoms with Crippen molar-refractivity contribution in [2.45, 2.75) is 25.1 Å². The fraction of sp³-hybridized carbons (Fsp3) is 0.167. The summed E-state index contributed by atoms with van der Waals surface area (Å²) in [7, 11) is 0. The molecule has 0 aliphatic rings. The van der Waals surface area contributed by atoms with Gasteiger partial charge in [0.25, 0.3) is 0 Å². The predicted octanol–water partition coefficient (Wildman–Crippen LogP) is 4.20. The third-order valence-corrected chi connectivity index (χ3v) is 5.04. The van der Waals surface area contributed by atoms with Crippen molar-refractivity contribution in [2.75, 3.05) is 0 Å². The largest absolute Gasteiger partial charge is 0.491 e. The Labute approximate surface area is 206 Å². The van der Waals surface area contributed by atoms with E-state index < -0.39 is 36.3 Å². The Morgan fingerprint density at radius 2 is 1.73 bits per heavy atom. The second-order valence-electron chi connectivity index (χ2n) is 7.67. The maximum atomic E-state index is 13.4. The average Bonchev–Trinajstić information content (AvgIpc) is 3.37. The molecule has 0 spiro atoms. The van der Waals surface area contributed by atoms with Gasteiger partial charge >= 0.3 is 24.1 Å². The summed E-state index contributed by atoms with van der Waals surface area (Å²) >= 11 is 0. The van der Waals surface area contributed by atoms with Crippen LogP contribution in [0.2, 0.25) is 0 Å². The summed E-state index contributed by atoms with van der Waals surface area (Å²) in [4.78, 5) is 35.4. The molecule has 2 heterocycles. The molecule has 4 rings (SSSR count). The van der Waals surface area contributed by atoms with Crippen LogP contribution in [0.15, 0.2) is 73.4 Å². The molecule has 0 saturated heterocycles. The molecule has 13 heteroatoms. The molecule has 2 aromatic heterocycles. The average molecular weight is 515 g/mol. The number of benzene rings is 2. The second kappa shape index (κ2) is 10.9. The zero-order chi connectivity index (χ0) is 26.4. The van der Waals surface area contributed by atoms with E-state index in [2.05, 4.69) is 24.8 Å². The highest BCUT2D eigenvalue weighted by molar-refractivity contribution is 5.88. The van der Waals surface area contributed by atoms with Crippen LogP contribution in [0.1, 0.15) is 29.2 Å². The van der Waals surface area contributed by atoms with Gasteiger partial charge in [-0.25, -0.2) is 23.8 Å². The lowest BCUT2D eigenvalue weighted by Crippen LogP contribution is -2.28. The van der Waals surface area contributed by atoms with Crippen LogP contribution in [0.4, 0.5) is 17.6 Å². The normalized spacial score (nSPS) is 12.1. The first kappa shape index (κ1) is 25.4. The summed E-state index contributed by atoms with van der Waals surface area (Å²) in [5.74, 6) is -5.20. The molecule has 2 aromatic carbocycles. The zero-order valence-corrected chi connectivity index (χ0v) is 18.8. The number of rotatable bonds is 8. The van der Waals surface area contributed by atoms with Gasteiger partial charge in [0.1, 0.15) is 24.2 Å². The number of esters is 2. The number of hydrogen-bond donors (Lipinski definition) is 0. The Morgan fingerprint density at radius 3 is 2.38 bits per heavy atom. The van der Waals surface area contributed by atoms with Crippen molar-refractivity contribution in [1.82, 2.24) is 24.7 Å². The van der Waals surface area contributed by atoms with E-state index in [9.17, 15) is 27.2 Å². The topological polar surface area (TPSA) is 109 Å². The van der Waals surface area contributed by atoms with Crippen LogP contribution in [0.3, 0.4) is 0 Å². The van der Waals surface area contributed by atoms with Gasteiger partial charge in [0.05, 0.1) is 18.7 Å². The molecule has 4 aromatic rings. The first-order chi connectivity index (χ1) is 17.7. The van der Waals surface area contributed by atoms with Crippen molar-refractivity contribution >= 4 is 11.9 Å². The molecule has 0 aliphatic heterocycles. The van der Waals surface area contributed by atoms with Crippen molar-refractivity contribution in [3.8, 4) is 11.8 Å². The van der Waals surface area contributed by atoms with Crippen molar-refractivity contribution < 1.29 is 36.6 Å². The van der Waals surface area contributed by atoms with Gasteiger partial charge in [-0.05, 0) is 41.5 Å². The maximum absolute atomic E-state index is 13.4. The fourth-order valence-electron chi connectivity index (χ4n) is 3.32. The molecule has 37 heavy (non-hydrogen) atoms. The summed E-state index contributed by atoms with van der Waals surface area (Å²) in [5.41, 5.74) is 1.45. The zero-order valence-electron chi connectivity index (χ0n) is 18.8. The highest BCUT2D eigenvalue weighted by Gasteiger charge is 2.42. The first-order valence-electron chi connectivity index (χ1n) is 10.7. The van der Waals surface area contributed by atoms with E-state index in [1.165, 1.54) is 30.7 Å². The highest BCUT2D eigenvalue weighted by atomic mass is 19.4. The van der Waals surface area contributed by atoms with Gasteiger partial charge in [-0.2, -0.15) is 23.3 Å². The summed E-state index contributed by atoms with van der Waals surface area (Å²) in [6.45, 7) is 0.499. The lowest BCUT2D eigenvalue weighted by Gasteiger charge is -2.17. The summed E-state index contributed by atoms with van der Waals surface area (Å²) in [5, 5.41) is 4.03. The third kappa shape index (κ3) is 6.93. The van der Waals surface area contributed by atoms with Gasteiger partial charge in [0.15, 0.2) is 0 Å². The number of nitrogens with zero attached hydrogens (tertiary/aromatic N) is 5. The summed E-state index contributed by atoms with van der Waals surface area (Å²) in [6.07, 6.45) is -1.67. The monoisotopic (exact) mass is 515 g/mol. The van der Waals surface area contributed by atoms with Crippen molar-refractivity contribution in [3.05, 3.63) is 96.1 Å². The summed E-state index contributed by atoms with van der Waals surface area (Å²) < 4.78 is 62.2. The van der Waals surface area contributed by atoms with E-state index in [1.54, 1.807) is 35.3 Å². The number of carbonyl (C=O) groups excluding carboxylic acids is 2. The van der Waals surface area contributed by atoms with Gasteiger partial charge in [-0.3, -0.25) is 4.79 Å². The SMILES string of the molecule is O=C(CC(c1ccc(F)cc1)c1ccnc(Oc2ccc(Cn3cncn3)cc2)n1)OC(=O)C(F)(F)F. The molecule has 0 radical (unpaired) electrons. The van der Waals surface area contributed by atoms with E-state index in [0.29, 0.717) is 17.9 Å². The van der Waals surface area contributed by atoms with Crippen LogP contribution >= 0.6 is 0 Å². The molecule has 1 atom stereocenters. The predicted molar refractivity (Wildman–Crippen MR) is 118 cm³/mol. The van der Waals surface area contributed by atoms with Crippen molar-refractivity contribution in [2.24, 2.45) is 0 Å². The van der Waals surface area contributed by atoms with Crippen molar-refractivity contribution in [1.29, 1.82) is 0 Å². The highest BCUT2D eigenvalue weighted by Crippen LogP contribution is 2.30. The number of aromatic nitrogens is 5. The Morgan fingerprint density at radius 1 is 1.00 bits per heavy atom. The molecule has 0 N–H and O–H groups in total. The van der Waals surface area contributed by atoms with Crippen molar-refractivity contribution in [3.63, 3.8) is 0 Å². The van der Waals surface area contributed by atoms with Crippen LogP contribution in [0, 0.1) is 5.82 Å². The molecule has 190 valence electrons. The van der Waals surface area contributed by atoms with Crippen LogP contribution in [0.5, 0.6) is 11.8 Å². The van der Waals surface area contributed by atoms with E-state index >= 15 is 0 Å². The first-order valence-corrected chi connectivity index (χ1v) is 10.7. The van der Waals surface area contributed by atoms with E-state index in [4.69, 9.17) is 4.74 Å². The van der Waals surface area contributed by atoms with Gasteiger partial charge in [0, 0.05) is 12.1 Å². The Bertz CT molecular complexity index is 1360. The molecule has 0 amide bonds. The minimum absolute atomic E-state index is 0.103. The van der Waals surface area contributed by atoms with Crippen LogP contribution in [-0.2, 0) is 20.9 Å². The van der Waals surface area contributed by atoms with E-state index in [-0.39, 0.29) is 11.7 Å². The van der Waals surface area contributed by atoms with Crippen LogP contribution in [0.25, 0.3) is 0 Å². The molecule has 9 nitrogen and oxygen atoms in total. The van der Waals surface area contributed by atoms with Gasteiger partial charge in [-0.1, -0.05) is 24.3 Å². The van der Waals surface area contributed by atoms with E-state index in [1.807, 2.05) is 0 Å². The Balaban J connectivity index is 1.53. The number of carbonyl (C=O) groups is 2. The lowest BCUT2D eigenvalue weighted by atomic mass is 9.92. The van der Waals surface area contributed by atoms with Crippen LogP contribution < -0.4 is 4.74 Å². The van der Waals surface area contributed by atoms with E-state index in [0.717, 1.165) is 17.7 Å². The standard InChI is InChI=1S/C24H17F4N5O4/c25-17-5-3-16(4-6-17)19(11-21(34)37-22(35)24(26,27)28)20-9-10-30-23(32-20)36-18-7-1-15(2-8-18)12-33-14-29-13-31-33/h1-10,13-14,19H,11-12H2. The molecule has 0 fully saturated rings. The Hall–Kier alpha value is -4.68. The minimum atomic E-state index is -5.33.